The number of thioether (sulfide) groups is 1. The number of aliphatic hydroxyl groups excluding tert-OH is 1. The molecule has 7 aliphatic rings. The number of piperazine rings is 1. The molecule has 1 spiro atoms. The summed E-state index contributed by atoms with van der Waals surface area (Å²) in [5.41, 5.74) is 5.34. The van der Waals surface area contributed by atoms with Crippen LogP contribution >= 0.6 is 11.8 Å². The first-order chi connectivity index (χ1) is 25.4. The molecule has 7 atom stereocenters. The summed E-state index contributed by atoms with van der Waals surface area (Å²) in [6, 6.07) is 3.49. The number of carbonyl (C=O) groups is 2. The van der Waals surface area contributed by atoms with E-state index in [1.807, 2.05) is 44.9 Å². The molecule has 7 heterocycles. The number of phenols is 2. The first-order valence-corrected chi connectivity index (χ1v) is 19.0. The molecule has 13 nitrogen and oxygen atoms in total. The minimum Gasteiger partial charge on any atom is -0.508 e. The van der Waals surface area contributed by atoms with E-state index in [1.165, 1.54) is 18.7 Å². The Balaban J connectivity index is 1.32. The van der Waals surface area contributed by atoms with Crippen molar-refractivity contribution in [2.45, 2.75) is 81.7 Å². The van der Waals surface area contributed by atoms with Crippen molar-refractivity contribution >= 4 is 23.7 Å². The SMILES string of the molecule is COc1c(C)cc2c(c1O)C1[C@@H]3[C@@H]4SC[C@@]5(NCCc6cc(O)c(C)cc65)C(=O)OC[C@@H](c5c6c(c(C)c(OC(C)=O)c54)OCO6)N3[C@@H](O)[C@H](C2)N1C. The third-order valence-corrected chi connectivity index (χ3v) is 13.8. The normalized spacial score (nSPS) is 29.8. The van der Waals surface area contributed by atoms with E-state index in [9.17, 15) is 24.9 Å². The number of likely N-dealkylation sites (N-methyl/N-ethyl adjacent to an activating group) is 1. The fraction of sp³-hybridized carbons (Fsp3) is 0.487. The van der Waals surface area contributed by atoms with Crippen LogP contribution in [-0.2, 0) is 32.7 Å². The zero-order valence-electron chi connectivity index (χ0n) is 30.4. The second kappa shape index (κ2) is 12.2. The highest BCUT2D eigenvalue weighted by molar-refractivity contribution is 7.99. The molecule has 0 amide bonds. The van der Waals surface area contributed by atoms with Gasteiger partial charge in [-0.25, -0.2) is 4.79 Å². The number of fused-ring (bicyclic) bond motifs is 9. The first kappa shape index (κ1) is 34.6. The Morgan fingerprint density at radius 2 is 1.79 bits per heavy atom. The standard InChI is InChI=1S/C39H43N3O10S/c1-16-10-22-20(12-25(16)44)7-8-40-39(22)14-53-36-28-27(35-34(50-15-51-35)18(3)33(28)52-19(4)43)24(13-49-38(39)47)42-30(36)29-26-21(11-23(37(42)46)41(29)5)9-17(2)32(48-6)31(26)45/h9-10,12,23-24,29-30,36-37,40,44-46H,7-8,11,13-15H2,1-6H3/t23-,24-,29?,30+,36+,37-,39-/m0/s1. The lowest BCUT2D eigenvalue weighted by Gasteiger charge is -2.62. The van der Waals surface area contributed by atoms with Crippen LogP contribution in [0.4, 0.5) is 0 Å². The van der Waals surface area contributed by atoms with Gasteiger partial charge in [0.2, 0.25) is 6.79 Å². The number of hydrogen-bond donors (Lipinski definition) is 4. The number of aryl methyl sites for hydroxylation is 2. The Labute approximate surface area is 311 Å². The molecule has 53 heavy (non-hydrogen) atoms. The summed E-state index contributed by atoms with van der Waals surface area (Å²) in [5, 5.41) is 38.2. The molecule has 3 aromatic rings. The average Bonchev–Trinajstić information content (AvgIpc) is 3.61. The maximum atomic E-state index is 14.6. The van der Waals surface area contributed by atoms with Crippen LogP contribution in [0.3, 0.4) is 0 Å². The fourth-order valence-corrected chi connectivity index (χ4v) is 11.7. The topological polar surface area (TPSA) is 159 Å². The largest absolute Gasteiger partial charge is 0.508 e. The number of hydrogen-bond acceptors (Lipinski definition) is 14. The van der Waals surface area contributed by atoms with Crippen molar-refractivity contribution in [1.29, 1.82) is 0 Å². The van der Waals surface area contributed by atoms with Crippen molar-refractivity contribution in [3.63, 3.8) is 0 Å². The van der Waals surface area contributed by atoms with Gasteiger partial charge in [-0.05, 0) is 80.6 Å². The van der Waals surface area contributed by atoms with Crippen molar-refractivity contribution in [1.82, 2.24) is 15.1 Å². The second-order valence-corrected chi connectivity index (χ2v) is 16.2. The average molecular weight is 746 g/mol. The quantitative estimate of drug-likeness (QED) is 0.222. The minimum atomic E-state index is -1.28. The van der Waals surface area contributed by atoms with Crippen LogP contribution in [0.25, 0.3) is 0 Å². The van der Waals surface area contributed by atoms with E-state index in [1.54, 1.807) is 13.2 Å². The highest BCUT2D eigenvalue weighted by Crippen LogP contribution is 2.64. The van der Waals surface area contributed by atoms with Crippen molar-refractivity contribution in [2.75, 3.05) is 39.9 Å². The molecule has 3 aromatic carbocycles. The number of phenolic OH excluding ortho intramolecular Hbond substituents is 2. The zero-order chi connectivity index (χ0) is 37.2. The van der Waals surface area contributed by atoms with Crippen LogP contribution in [0.5, 0.6) is 34.5 Å². The summed E-state index contributed by atoms with van der Waals surface area (Å²) in [5.74, 6) is 1.09. The highest BCUT2D eigenvalue weighted by Gasteiger charge is 2.61. The summed E-state index contributed by atoms with van der Waals surface area (Å²) in [7, 11) is 3.51. The Kier molecular flexibility index (Phi) is 7.92. The zero-order valence-corrected chi connectivity index (χ0v) is 31.3. The number of nitrogens with one attached hydrogen (secondary N) is 1. The molecule has 7 aliphatic heterocycles. The van der Waals surface area contributed by atoms with E-state index in [0.717, 1.165) is 22.3 Å². The molecule has 14 heteroatoms. The van der Waals surface area contributed by atoms with Gasteiger partial charge >= 0.3 is 11.9 Å². The molecule has 10 rings (SSSR count). The first-order valence-electron chi connectivity index (χ1n) is 18.0. The highest BCUT2D eigenvalue weighted by atomic mass is 32.2. The van der Waals surface area contributed by atoms with Gasteiger partial charge in [-0.3, -0.25) is 19.9 Å². The Morgan fingerprint density at radius 3 is 2.55 bits per heavy atom. The van der Waals surface area contributed by atoms with Crippen LogP contribution in [0, 0.1) is 20.8 Å². The Morgan fingerprint density at radius 1 is 1.02 bits per heavy atom. The molecule has 1 unspecified atom stereocenters. The van der Waals surface area contributed by atoms with Crippen LogP contribution in [0.1, 0.15) is 74.3 Å². The van der Waals surface area contributed by atoms with E-state index < -0.39 is 47.1 Å². The van der Waals surface area contributed by atoms with Gasteiger partial charge < -0.3 is 39.0 Å². The summed E-state index contributed by atoms with van der Waals surface area (Å²) in [6.45, 7) is 7.17. The molecule has 4 N–H and O–H groups in total. The lowest BCUT2D eigenvalue weighted by molar-refractivity contribution is -0.186. The second-order valence-electron chi connectivity index (χ2n) is 15.0. The molecule has 0 saturated carbocycles. The van der Waals surface area contributed by atoms with E-state index in [0.29, 0.717) is 70.2 Å². The van der Waals surface area contributed by atoms with Crippen molar-refractivity contribution in [3.8, 4) is 34.5 Å². The predicted octanol–water partition coefficient (Wildman–Crippen LogP) is 3.71. The number of carbonyl (C=O) groups excluding carboxylic acids is 2. The van der Waals surface area contributed by atoms with E-state index in [4.69, 9.17) is 23.7 Å². The number of aliphatic hydroxyl groups is 1. The third-order valence-electron chi connectivity index (χ3n) is 12.3. The molecule has 280 valence electrons. The number of benzene rings is 3. The van der Waals surface area contributed by atoms with Crippen LogP contribution in [0.2, 0.25) is 0 Å². The molecule has 4 bridgehead atoms. The maximum absolute atomic E-state index is 14.6. The van der Waals surface area contributed by atoms with Gasteiger partial charge in [0.05, 0.1) is 30.5 Å². The predicted molar refractivity (Wildman–Crippen MR) is 193 cm³/mol. The number of aromatic hydroxyl groups is 2. The monoisotopic (exact) mass is 745 g/mol. The summed E-state index contributed by atoms with van der Waals surface area (Å²) >= 11 is 1.50. The van der Waals surface area contributed by atoms with E-state index in [-0.39, 0.29) is 36.7 Å². The molecule has 0 aliphatic carbocycles. The van der Waals surface area contributed by atoms with E-state index >= 15 is 0 Å². The summed E-state index contributed by atoms with van der Waals surface area (Å²) < 4.78 is 30.4. The molecule has 0 aromatic heterocycles. The van der Waals surface area contributed by atoms with Crippen molar-refractivity contribution < 1.29 is 48.6 Å². The van der Waals surface area contributed by atoms with Gasteiger partial charge in [-0.15, -0.1) is 11.8 Å². The van der Waals surface area contributed by atoms with Crippen LogP contribution in [-0.4, -0.2) is 95.2 Å². The number of rotatable bonds is 2. The van der Waals surface area contributed by atoms with Crippen LogP contribution in [0.15, 0.2) is 18.2 Å². The minimum absolute atomic E-state index is 0.0488. The fourth-order valence-electron chi connectivity index (χ4n) is 9.96. The summed E-state index contributed by atoms with van der Waals surface area (Å²) in [6.07, 6.45) is 0.0521. The Hall–Kier alpha value is -4.21. The smallest absolute Gasteiger partial charge is 0.331 e. The van der Waals surface area contributed by atoms with Gasteiger partial charge in [-0.2, -0.15) is 0 Å². The van der Waals surface area contributed by atoms with Gasteiger partial charge in [0, 0.05) is 47.5 Å². The Bertz CT molecular complexity index is 2110. The molecule has 0 radical (unpaired) electrons. The number of methoxy groups -OCH3 is 1. The van der Waals surface area contributed by atoms with Crippen molar-refractivity contribution in [2.24, 2.45) is 0 Å². The van der Waals surface area contributed by atoms with Gasteiger partial charge in [-0.1, -0.05) is 6.07 Å². The lowest BCUT2D eigenvalue weighted by Crippen LogP contribution is -2.70. The molecule has 2 saturated heterocycles. The van der Waals surface area contributed by atoms with E-state index in [2.05, 4.69) is 10.2 Å². The summed E-state index contributed by atoms with van der Waals surface area (Å²) in [4.78, 5) is 31.7. The van der Waals surface area contributed by atoms with Crippen molar-refractivity contribution in [3.05, 3.63) is 68.3 Å². The number of nitrogens with zero attached hydrogens (tertiary/aromatic N) is 2. The maximum Gasteiger partial charge on any atom is 0.331 e. The molecular weight excluding hydrogens is 703 g/mol. The number of ether oxygens (including phenoxy) is 5. The number of esters is 2. The molecule has 2 fully saturated rings. The molecular formula is C39H43N3O10S. The third kappa shape index (κ3) is 4.71. The lowest BCUT2D eigenvalue weighted by atomic mass is 9.73. The van der Waals surface area contributed by atoms with Crippen LogP contribution < -0.4 is 24.3 Å². The van der Waals surface area contributed by atoms with Gasteiger partial charge in [0.1, 0.15) is 24.3 Å². The van der Waals surface area contributed by atoms with Gasteiger partial charge in [0.15, 0.2) is 28.5 Å². The van der Waals surface area contributed by atoms with Gasteiger partial charge in [0.25, 0.3) is 0 Å².